The summed E-state index contributed by atoms with van der Waals surface area (Å²) in [6.45, 7) is 4.06. The number of aromatic nitrogens is 3. The van der Waals surface area contributed by atoms with Crippen LogP contribution in [0.2, 0.25) is 0 Å². The summed E-state index contributed by atoms with van der Waals surface area (Å²) in [6.07, 6.45) is 4.06. The third-order valence-electron chi connectivity index (χ3n) is 3.89. The first kappa shape index (κ1) is 13.8. The van der Waals surface area contributed by atoms with Crippen LogP contribution in [0, 0.1) is 5.92 Å². The lowest BCUT2D eigenvalue weighted by atomic mass is 9.95. The number of piperidine rings is 1. The lowest BCUT2D eigenvalue weighted by Crippen LogP contribution is -2.48. The second kappa shape index (κ2) is 6.05. The van der Waals surface area contributed by atoms with E-state index >= 15 is 0 Å². The predicted octanol–water partition coefficient (Wildman–Crippen LogP) is 0.995. The molecular weight excluding hydrogens is 266 g/mol. The third-order valence-corrected chi connectivity index (χ3v) is 3.89. The number of hydrogen-bond acceptors (Lipinski definition) is 4. The molecule has 2 atom stereocenters. The van der Waals surface area contributed by atoms with Gasteiger partial charge in [0.25, 0.3) is 5.91 Å². The van der Waals surface area contributed by atoms with E-state index in [9.17, 15) is 4.79 Å². The van der Waals surface area contributed by atoms with Gasteiger partial charge in [-0.05, 0) is 43.6 Å². The number of nitrogens with zero attached hydrogens (tertiary/aromatic N) is 3. The Balaban J connectivity index is 1.74. The summed E-state index contributed by atoms with van der Waals surface area (Å²) in [5.41, 5.74) is 1.48. The van der Waals surface area contributed by atoms with Gasteiger partial charge in [0.2, 0.25) is 0 Å². The summed E-state index contributed by atoms with van der Waals surface area (Å²) in [5, 5.41) is 10.5. The van der Waals surface area contributed by atoms with Gasteiger partial charge >= 0.3 is 0 Å². The maximum absolute atomic E-state index is 12.4. The molecule has 2 heterocycles. The smallest absolute Gasteiger partial charge is 0.251 e. The van der Waals surface area contributed by atoms with Crippen LogP contribution < -0.4 is 10.6 Å². The van der Waals surface area contributed by atoms with Gasteiger partial charge in [0, 0.05) is 11.6 Å². The summed E-state index contributed by atoms with van der Waals surface area (Å²) >= 11 is 0. The van der Waals surface area contributed by atoms with Gasteiger partial charge < -0.3 is 10.6 Å². The summed E-state index contributed by atoms with van der Waals surface area (Å²) in [7, 11) is 0. The van der Waals surface area contributed by atoms with Crippen LogP contribution in [0.1, 0.15) is 23.7 Å². The van der Waals surface area contributed by atoms with Crippen molar-refractivity contribution in [1.29, 1.82) is 0 Å². The van der Waals surface area contributed by atoms with Gasteiger partial charge in [-0.15, -0.1) is 0 Å². The maximum atomic E-state index is 12.4. The number of carbonyl (C=O) groups excluding carboxylic acids is 1. The van der Waals surface area contributed by atoms with Crippen molar-refractivity contribution in [2.24, 2.45) is 5.92 Å². The molecule has 1 saturated heterocycles. The van der Waals surface area contributed by atoms with Crippen LogP contribution in [-0.4, -0.2) is 39.8 Å². The Bertz CT molecular complexity index is 610. The highest BCUT2D eigenvalue weighted by Gasteiger charge is 2.23. The van der Waals surface area contributed by atoms with Crippen molar-refractivity contribution in [3.63, 3.8) is 0 Å². The molecular formula is C15H19N5O. The molecule has 2 N–H and O–H groups in total. The van der Waals surface area contributed by atoms with Gasteiger partial charge in [0.05, 0.1) is 5.69 Å². The lowest BCUT2D eigenvalue weighted by molar-refractivity contribution is 0.0914. The molecule has 0 aliphatic carbocycles. The third kappa shape index (κ3) is 3.11. The molecule has 21 heavy (non-hydrogen) atoms. The molecule has 1 amide bonds. The Morgan fingerprint density at radius 3 is 3.14 bits per heavy atom. The van der Waals surface area contributed by atoms with Gasteiger partial charge in [-0.1, -0.05) is 13.0 Å². The fraction of sp³-hybridized carbons (Fsp3) is 0.400. The van der Waals surface area contributed by atoms with Gasteiger partial charge in [-0.2, -0.15) is 5.10 Å². The molecule has 1 aliphatic heterocycles. The van der Waals surface area contributed by atoms with Crippen LogP contribution in [0.25, 0.3) is 5.69 Å². The van der Waals surface area contributed by atoms with E-state index in [1.807, 2.05) is 24.3 Å². The molecule has 110 valence electrons. The minimum absolute atomic E-state index is 0.0317. The number of rotatable bonds is 3. The first-order valence-electron chi connectivity index (χ1n) is 7.20. The molecule has 0 radical (unpaired) electrons. The molecule has 1 aromatic carbocycles. The average Bonchev–Trinajstić information content (AvgIpc) is 3.04. The number of carbonyl (C=O) groups is 1. The van der Waals surface area contributed by atoms with Gasteiger partial charge in [-0.25, -0.2) is 9.67 Å². The largest absolute Gasteiger partial charge is 0.349 e. The fourth-order valence-electron chi connectivity index (χ4n) is 2.61. The molecule has 2 aromatic rings. The molecule has 0 spiro atoms. The van der Waals surface area contributed by atoms with Crippen molar-refractivity contribution in [3.8, 4) is 5.69 Å². The highest BCUT2D eigenvalue weighted by atomic mass is 16.1. The average molecular weight is 285 g/mol. The molecule has 0 saturated carbocycles. The highest BCUT2D eigenvalue weighted by Crippen LogP contribution is 2.13. The van der Waals surface area contributed by atoms with E-state index < -0.39 is 0 Å². The fourth-order valence-corrected chi connectivity index (χ4v) is 2.61. The second-order valence-corrected chi connectivity index (χ2v) is 5.44. The van der Waals surface area contributed by atoms with Crippen molar-refractivity contribution in [3.05, 3.63) is 42.5 Å². The Kier molecular flexibility index (Phi) is 3.96. The molecule has 6 heteroatoms. The Morgan fingerprint density at radius 2 is 2.38 bits per heavy atom. The van der Waals surface area contributed by atoms with Gasteiger partial charge in [0.15, 0.2) is 0 Å². The van der Waals surface area contributed by atoms with E-state index in [4.69, 9.17) is 0 Å². The van der Waals surface area contributed by atoms with Crippen molar-refractivity contribution in [2.45, 2.75) is 19.4 Å². The first-order chi connectivity index (χ1) is 10.2. The second-order valence-electron chi connectivity index (χ2n) is 5.44. The van der Waals surface area contributed by atoms with Crippen LogP contribution in [0.5, 0.6) is 0 Å². The summed E-state index contributed by atoms with van der Waals surface area (Å²) in [5.74, 6) is 0.414. The van der Waals surface area contributed by atoms with E-state index in [1.54, 1.807) is 11.0 Å². The first-order valence-corrected chi connectivity index (χ1v) is 7.20. The minimum Gasteiger partial charge on any atom is -0.349 e. The van der Waals surface area contributed by atoms with Crippen molar-refractivity contribution >= 4 is 5.91 Å². The topological polar surface area (TPSA) is 71.8 Å². The standard InChI is InChI=1S/C15H19N5O/c1-11-8-16-6-5-14(11)19-15(21)12-3-2-4-13(7-12)20-10-17-9-18-20/h2-4,7,9-11,14,16H,5-6,8H2,1H3,(H,19,21). The molecule has 2 unspecified atom stereocenters. The van der Waals surface area contributed by atoms with Crippen molar-refractivity contribution in [1.82, 2.24) is 25.4 Å². The van der Waals surface area contributed by atoms with E-state index in [2.05, 4.69) is 27.6 Å². The van der Waals surface area contributed by atoms with Crippen LogP contribution >= 0.6 is 0 Å². The number of amides is 1. The number of hydrogen-bond donors (Lipinski definition) is 2. The molecule has 0 bridgehead atoms. The van der Waals surface area contributed by atoms with Crippen molar-refractivity contribution in [2.75, 3.05) is 13.1 Å². The minimum atomic E-state index is -0.0317. The lowest BCUT2D eigenvalue weighted by Gasteiger charge is -2.30. The predicted molar refractivity (Wildman–Crippen MR) is 79.3 cm³/mol. The van der Waals surface area contributed by atoms with E-state index in [1.165, 1.54) is 6.33 Å². The summed E-state index contributed by atoms with van der Waals surface area (Å²) < 4.78 is 1.64. The highest BCUT2D eigenvalue weighted by molar-refractivity contribution is 5.94. The summed E-state index contributed by atoms with van der Waals surface area (Å²) in [4.78, 5) is 16.3. The quantitative estimate of drug-likeness (QED) is 0.882. The zero-order valence-corrected chi connectivity index (χ0v) is 12.0. The Hall–Kier alpha value is -2.21. The number of nitrogens with one attached hydrogen (secondary N) is 2. The van der Waals surface area contributed by atoms with E-state index in [0.717, 1.165) is 25.2 Å². The van der Waals surface area contributed by atoms with Gasteiger partial charge in [-0.3, -0.25) is 4.79 Å². The molecule has 6 nitrogen and oxygen atoms in total. The molecule has 1 aromatic heterocycles. The summed E-state index contributed by atoms with van der Waals surface area (Å²) in [6, 6.07) is 7.64. The number of benzene rings is 1. The molecule has 3 rings (SSSR count). The monoisotopic (exact) mass is 285 g/mol. The van der Waals surface area contributed by atoms with E-state index in [0.29, 0.717) is 11.5 Å². The zero-order chi connectivity index (χ0) is 14.7. The normalized spacial score (nSPS) is 22.0. The molecule has 1 aliphatic rings. The van der Waals surface area contributed by atoms with Crippen molar-refractivity contribution < 1.29 is 4.79 Å². The van der Waals surface area contributed by atoms with Gasteiger partial charge in [0.1, 0.15) is 12.7 Å². The van der Waals surface area contributed by atoms with Crippen LogP contribution in [0.3, 0.4) is 0 Å². The van der Waals surface area contributed by atoms with Crippen LogP contribution in [0.15, 0.2) is 36.9 Å². The zero-order valence-electron chi connectivity index (χ0n) is 12.0. The Labute approximate surface area is 123 Å². The SMILES string of the molecule is CC1CNCCC1NC(=O)c1cccc(-n2cncn2)c1. The molecule has 1 fully saturated rings. The Morgan fingerprint density at radius 1 is 1.48 bits per heavy atom. The van der Waals surface area contributed by atoms with E-state index in [-0.39, 0.29) is 11.9 Å². The van der Waals surface area contributed by atoms with Crippen LogP contribution in [-0.2, 0) is 0 Å². The van der Waals surface area contributed by atoms with Crippen LogP contribution in [0.4, 0.5) is 0 Å². The maximum Gasteiger partial charge on any atom is 0.251 e.